The van der Waals surface area contributed by atoms with Crippen LogP contribution in [-0.2, 0) is 0 Å². The Labute approximate surface area is 109 Å². The Morgan fingerprint density at radius 2 is 2.24 bits per heavy atom. The second kappa shape index (κ2) is 8.64. The molecule has 0 radical (unpaired) electrons. The van der Waals surface area contributed by atoms with E-state index in [0.29, 0.717) is 5.92 Å². The summed E-state index contributed by atoms with van der Waals surface area (Å²) in [4.78, 5) is 4.54. The van der Waals surface area contributed by atoms with Crippen molar-refractivity contribution in [3.05, 3.63) is 0 Å². The first-order chi connectivity index (χ1) is 8.27. The van der Waals surface area contributed by atoms with Gasteiger partial charge in [0, 0.05) is 31.3 Å². The van der Waals surface area contributed by atoms with E-state index >= 15 is 0 Å². The van der Waals surface area contributed by atoms with Crippen molar-refractivity contribution >= 4 is 17.7 Å². The summed E-state index contributed by atoms with van der Waals surface area (Å²) in [7, 11) is 0. The predicted molar refractivity (Wildman–Crippen MR) is 75.7 cm³/mol. The van der Waals surface area contributed by atoms with Crippen molar-refractivity contribution in [2.45, 2.75) is 32.3 Å². The molecule has 0 heterocycles. The highest BCUT2D eigenvalue weighted by atomic mass is 32.2. The minimum atomic E-state index is -0.146. The Kier molecular flexibility index (Phi) is 7.44. The molecule has 1 fully saturated rings. The van der Waals surface area contributed by atoms with Crippen molar-refractivity contribution in [2.75, 3.05) is 31.6 Å². The monoisotopic (exact) mass is 259 g/mol. The molecule has 0 amide bonds. The Morgan fingerprint density at radius 1 is 1.41 bits per heavy atom. The Hall–Kier alpha value is -0.420. The average Bonchev–Trinajstić information content (AvgIpc) is 2.72. The van der Waals surface area contributed by atoms with Gasteiger partial charge in [-0.3, -0.25) is 4.99 Å². The van der Waals surface area contributed by atoms with Crippen molar-refractivity contribution in [1.82, 2.24) is 10.6 Å². The summed E-state index contributed by atoms with van der Waals surface area (Å²) in [5, 5.41) is 16.3. The minimum Gasteiger partial charge on any atom is -0.393 e. The molecule has 0 aromatic carbocycles. The maximum atomic E-state index is 9.73. The first kappa shape index (κ1) is 14.6. The molecule has 0 bridgehead atoms. The standard InChI is InChI=1S/C12H25N3OS/c1-3-13-12(14-7-8-17-2)15-9-10-5-4-6-11(10)16/h10-11,16H,3-9H2,1-2H3,(H2,13,14,15). The molecule has 1 aliphatic rings. The SMILES string of the molecule is CCNC(=NCC1CCCC1O)NCCSC. The lowest BCUT2D eigenvalue weighted by molar-refractivity contribution is 0.136. The summed E-state index contributed by atoms with van der Waals surface area (Å²) in [6, 6.07) is 0. The van der Waals surface area contributed by atoms with Crippen LogP contribution in [0.4, 0.5) is 0 Å². The van der Waals surface area contributed by atoms with Gasteiger partial charge >= 0.3 is 0 Å². The number of aliphatic hydroxyl groups excluding tert-OH is 1. The van der Waals surface area contributed by atoms with Gasteiger partial charge in [0.15, 0.2) is 5.96 Å². The fraction of sp³-hybridized carbons (Fsp3) is 0.917. The van der Waals surface area contributed by atoms with Gasteiger partial charge in [-0.2, -0.15) is 11.8 Å². The van der Waals surface area contributed by atoms with Crippen LogP contribution in [0.3, 0.4) is 0 Å². The maximum absolute atomic E-state index is 9.73. The van der Waals surface area contributed by atoms with Crippen molar-refractivity contribution in [1.29, 1.82) is 0 Å². The van der Waals surface area contributed by atoms with E-state index in [4.69, 9.17) is 0 Å². The molecule has 1 saturated carbocycles. The van der Waals surface area contributed by atoms with E-state index in [9.17, 15) is 5.11 Å². The van der Waals surface area contributed by atoms with E-state index in [2.05, 4.69) is 28.8 Å². The number of aliphatic hydroxyl groups is 1. The Morgan fingerprint density at radius 3 is 2.82 bits per heavy atom. The highest BCUT2D eigenvalue weighted by molar-refractivity contribution is 7.98. The number of rotatable bonds is 6. The predicted octanol–water partition coefficient (Wildman–Crippen LogP) is 1.07. The van der Waals surface area contributed by atoms with E-state index < -0.39 is 0 Å². The fourth-order valence-corrected chi connectivity index (χ4v) is 2.36. The largest absolute Gasteiger partial charge is 0.393 e. The molecule has 5 heteroatoms. The van der Waals surface area contributed by atoms with Crippen molar-refractivity contribution in [3.8, 4) is 0 Å². The normalized spacial score (nSPS) is 25.0. The number of guanidine groups is 1. The van der Waals surface area contributed by atoms with Gasteiger partial charge < -0.3 is 15.7 Å². The molecule has 0 aliphatic heterocycles. The van der Waals surface area contributed by atoms with Gasteiger partial charge in [-0.1, -0.05) is 6.42 Å². The Bertz CT molecular complexity index is 236. The van der Waals surface area contributed by atoms with E-state index in [-0.39, 0.29) is 6.10 Å². The van der Waals surface area contributed by atoms with Crippen LogP contribution >= 0.6 is 11.8 Å². The first-order valence-corrected chi connectivity index (χ1v) is 7.86. The lowest BCUT2D eigenvalue weighted by Gasteiger charge is -2.14. The van der Waals surface area contributed by atoms with Crippen LogP contribution in [0.25, 0.3) is 0 Å². The third-order valence-corrected chi connectivity index (χ3v) is 3.66. The van der Waals surface area contributed by atoms with Gasteiger partial charge in [-0.25, -0.2) is 0 Å². The molecule has 1 rings (SSSR count). The second-order valence-electron chi connectivity index (χ2n) is 4.40. The summed E-state index contributed by atoms with van der Waals surface area (Å²) in [5.41, 5.74) is 0. The summed E-state index contributed by atoms with van der Waals surface area (Å²) in [6.07, 6.45) is 5.14. The average molecular weight is 259 g/mol. The number of hydrogen-bond acceptors (Lipinski definition) is 3. The van der Waals surface area contributed by atoms with Crippen LogP contribution in [0.1, 0.15) is 26.2 Å². The number of thioether (sulfide) groups is 1. The van der Waals surface area contributed by atoms with Gasteiger partial charge in [0.1, 0.15) is 0 Å². The van der Waals surface area contributed by atoms with Crippen LogP contribution in [0.5, 0.6) is 0 Å². The van der Waals surface area contributed by atoms with Gasteiger partial charge in [0.05, 0.1) is 6.10 Å². The lowest BCUT2D eigenvalue weighted by atomic mass is 10.1. The molecular formula is C12H25N3OS. The molecular weight excluding hydrogens is 234 g/mol. The molecule has 1 aliphatic carbocycles. The molecule has 0 aromatic heterocycles. The highest BCUT2D eigenvalue weighted by Crippen LogP contribution is 2.25. The topological polar surface area (TPSA) is 56.7 Å². The van der Waals surface area contributed by atoms with Crippen LogP contribution in [-0.4, -0.2) is 48.8 Å². The molecule has 100 valence electrons. The van der Waals surface area contributed by atoms with E-state index in [0.717, 1.165) is 50.6 Å². The zero-order valence-corrected chi connectivity index (χ0v) is 11.7. The van der Waals surface area contributed by atoms with E-state index in [1.165, 1.54) is 0 Å². The van der Waals surface area contributed by atoms with E-state index in [1.54, 1.807) is 0 Å². The van der Waals surface area contributed by atoms with Gasteiger partial charge in [-0.05, 0) is 26.0 Å². The van der Waals surface area contributed by atoms with Crippen LogP contribution in [0.2, 0.25) is 0 Å². The van der Waals surface area contributed by atoms with Crippen LogP contribution < -0.4 is 10.6 Å². The lowest BCUT2D eigenvalue weighted by Crippen LogP contribution is -2.39. The highest BCUT2D eigenvalue weighted by Gasteiger charge is 2.24. The molecule has 3 N–H and O–H groups in total. The van der Waals surface area contributed by atoms with Crippen molar-refractivity contribution in [3.63, 3.8) is 0 Å². The molecule has 2 atom stereocenters. The summed E-state index contributed by atoms with van der Waals surface area (Å²) >= 11 is 1.82. The zero-order chi connectivity index (χ0) is 12.5. The summed E-state index contributed by atoms with van der Waals surface area (Å²) < 4.78 is 0. The van der Waals surface area contributed by atoms with Crippen LogP contribution in [0, 0.1) is 5.92 Å². The summed E-state index contributed by atoms with van der Waals surface area (Å²) in [6.45, 7) is 4.60. The molecule has 0 aromatic rings. The third kappa shape index (κ3) is 5.64. The smallest absolute Gasteiger partial charge is 0.191 e. The number of aliphatic imine (C=N–C) groups is 1. The third-order valence-electron chi connectivity index (χ3n) is 3.05. The fourth-order valence-electron chi connectivity index (χ4n) is 2.05. The minimum absolute atomic E-state index is 0.146. The number of hydrogen-bond donors (Lipinski definition) is 3. The van der Waals surface area contributed by atoms with Crippen molar-refractivity contribution in [2.24, 2.45) is 10.9 Å². The summed E-state index contributed by atoms with van der Waals surface area (Å²) in [5.74, 6) is 2.31. The molecule has 17 heavy (non-hydrogen) atoms. The molecule has 2 unspecified atom stereocenters. The Balaban J connectivity index is 2.33. The van der Waals surface area contributed by atoms with E-state index in [1.807, 2.05) is 11.8 Å². The molecule has 0 spiro atoms. The zero-order valence-electron chi connectivity index (χ0n) is 10.9. The van der Waals surface area contributed by atoms with Crippen LogP contribution in [0.15, 0.2) is 4.99 Å². The maximum Gasteiger partial charge on any atom is 0.191 e. The number of nitrogens with one attached hydrogen (secondary N) is 2. The van der Waals surface area contributed by atoms with Gasteiger partial charge in [0.2, 0.25) is 0 Å². The van der Waals surface area contributed by atoms with Gasteiger partial charge in [-0.15, -0.1) is 0 Å². The number of nitrogens with zero attached hydrogens (tertiary/aromatic N) is 1. The molecule has 0 saturated heterocycles. The van der Waals surface area contributed by atoms with Gasteiger partial charge in [0.25, 0.3) is 0 Å². The van der Waals surface area contributed by atoms with Crippen molar-refractivity contribution < 1.29 is 5.11 Å². The second-order valence-corrected chi connectivity index (χ2v) is 5.38. The first-order valence-electron chi connectivity index (χ1n) is 6.47. The molecule has 4 nitrogen and oxygen atoms in total. The quantitative estimate of drug-likeness (QED) is 0.379.